The van der Waals surface area contributed by atoms with E-state index in [1.165, 1.54) is 17.2 Å². The van der Waals surface area contributed by atoms with Crippen molar-refractivity contribution in [2.45, 2.75) is 46.1 Å². The Morgan fingerprint density at radius 2 is 1.83 bits per heavy atom. The molecule has 0 aromatic heterocycles. The van der Waals surface area contributed by atoms with Gasteiger partial charge in [-0.3, -0.25) is 4.79 Å². The van der Waals surface area contributed by atoms with E-state index in [1.807, 2.05) is 0 Å². The van der Waals surface area contributed by atoms with Gasteiger partial charge in [0.1, 0.15) is 11.5 Å². The molecule has 160 valence electrons. The minimum Gasteiger partial charge on any atom is -0.508 e. The average Bonchev–Trinajstić information content (AvgIpc) is 2.71. The number of hydrogen-bond donors (Lipinski definition) is 2. The van der Waals surface area contributed by atoms with Crippen molar-refractivity contribution >= 4 is 11.9 Å². The van der Waals surface area contributed by atoms with Gasteiger partial charge in [-0.25, -0.2) is 0 Å². The second-order valence-corrected chi connectivity index (χ2v) is 7.83. The van der Waals surface area contributed by atoms with Gasteiger partial charge in [0, 0.05) is 5.57 Å². The first-order valence-corrected chi connectivity index (χ1v) is 10.2. The van der Waals surface area contributed by atoms with Gasteiger partial charge in [0.05, 0.1) is 19.1 Å². The van der Waals surface area contributed by atoms with Crippen molar-refractivity contribution in [2.75, 3.05) is 7.11 Å². The minimum atomic E-state index is -0.927. The molecule has 2 rings (SSSR count). The smallest absolute Gasteiger partial charge is 0.165 e. The van der Waals surface area contributed by atoms with E-state index in [0.717, 1.165) is 24.0 Å². The molecule has 2 atom stereocenters. The number of ether oxygens (including phenoxy) is 1. The third kappa shape index (κ3) is 6.89. The molecule has 30 heavy (non-hydrogen) atoms. The number of allylic oxidation sites excluding steroid dienone is 6. The zero-order valence-electron chi connectivity index (χ0n) is 18.3. The highest BCUT2D eigenvalue weighted by Crippen LogP contribution is 2.29. The summed E-state index contributed by atoms with van der Waals surface area (Å²) in [5.41, 5.74) is 4.07. The van der Waals surface area contributed by atoms with Crippen LogP contribution in [0.1, 0.15) is 45.6 Å². The van der Waals surface area contributed by atoms with E-state index >= 15 is 0 Å². The van der Waals surface area contributed by atoms with Crippen LogP contribution < -0.4 is 0 Å². The van der Waals surface area contributed by atoms with Crippen molar-refractivity contribution in [1.82, 2.24) is 0 Å². The van der Waals surface area contributed by atoms with Gasteiger partial charge in [-0.1, -0.05) is 47.6 Å². The molecule has 0 amide bonds. The normalized spacial score (nSPS) is 19.3. The van der Waals surface area contributed by atoms with Gasteiger partial charge in [0.25, 0.3) is 0 Å². The molecule has 2 unspecified atom stereocenters. The summed E-state index contributed by atoms with van der Waals surface area (Å²) in [7, 11) is 1.57. The third-order valence-electron chi connectivity index (χ3n) is 5.11. The lowest BCUT2D eigenvalue weighted by molar-refractivity contribution is -0.119. The van der Waals surface area contributed by atoms with Crippen LogP contribution in [0.3, 0.4) is 0 Å². The van der Waals surface area contributed by atoms with Crippen LogP contribution in [0.5, 0.6) is 5.75 Å². The first-order chi connectivity index (χ1) is 14.3. The molecular weight excluding hydrogens is 376 g/mol. The molecule has 0 heterocycles. The summed E-state index contributed by atoms with van der Waals surface area (Å²) in [6.07, 6.45) is 12.5. The van der Waals surface area contributed by atoms with E-state index < -0.39 is 12.0 Å². The van der Waals surface area contributed by atoms with E-state index in [2.05, 4.69) is 32.9 Å². The number of carbonyl (C=O) groups excluding carboxylic acids is 1. The Morgan fingerprint density at radius 3 is 2.47 bits per heavy atom. The Hall–Kier alpha value is -2.85. The molecule has 4 heteroatoms. The fourth-order valence-electron chi connectivity index (χ4n) is 3.29. The van der Waals surface area contributed by atoms with Crippen LogP contribution in [0.4, 0.5) is 0 Å². The van der Waals surface area contributed by atoms with Gasteiger partial charge in [-0.05, 0) is 69.9 Å². The van der Waals surface area contributed by atoms with Crippen LogP contribution in [0.2, 0.25) is 0 Å². The Balaban J connectivity index is 2.08. The lowest BCUT2D eigenvalue weighted by atomic mass is 9.84. The molecule has 4 nitrogen and oxygen atoms in total. The van der Waals surface area contributed by atoms with Crippen LogP contribution in [0, 0.1) is 5.92 Å². The topological polar surface area (TPSA) is 66.8 Å². The molecular formula is C26H32O4. The van der Waals surface area contributed by atoms with Crippen LogP contribution >= 0.6 is 0 Å². The lowest BCUT2D eigenvalue weighted by Gasteiger charge is -2.26. The summed E-state index contributed by atoms with van der Waals surface area (Å²) >= 11 is 0. The standard InChI is InChI=1S/C26H32O4/c1-18(2)6-5-7-19(3)8-14-23-25(30-4)17-15-22(26(23)29)24(28)16-11-20-9-12-21(27)13-10-20/h6,8-13,15-17,22,26-27,29H,5,7,14H2,1-4H3. The number of methoxy groups -OCH3 is 1. The lowest BCUT2D eigenvalue weighted by Crippen LogP contribution is -2.30. The molecule has 1 aliphatic rings. The fourth-order valence-corrected chi connectivity index (χ4v) is 3.29. The molecule has 0 aliphatic heterocycles. The third-order valence-corrected chi connectivity index (χ3v) is 5.11. The number of carbonyl (C=O) groups is 1. The Morgan fingerprint density at radius 1 is 1.13 bits per heavy atom. The Kier molecular flexibility index (Phi) is 8.88. The highest BCUT2D eigenvalue weighted by atomic mass is 16.5. The molecule has 0 fully saturated rings. The summed E-state index contributed by atoms with van der Waals surface area (Å²) in [5.74, 6) is -0.0343. The number of ketones is 1. The van der Waals surface area contributed by atoms with Gasteiger partial charge in [0.2, 0.25) is 0 Å². The van der Waals surface area contributed by atoms with Crippen molar-refractivity contribution in [1.29, 1.82) is 0 Å². The summed E-state index contributed by atoms with van der Waals surface area (Å²) in [5, 5.41) is 20.2. The zero-order valence-corrected chi connectivity index (χ0v) is 18.3. The fraction of sp³-hybridized carbons (Fsp3) is 0.346. The number of aromatic hydroxyl groups is 1. The second kappa shape index (κ2) is 11.4. The molecule has 0 saturated heterocycles. The average molecular weight is 409 g/mol. The van der Waals surface area contributed by atoms with E-state index in [-0.39, 0.29) is 11.5 Å². The number of phenolic OH excluding ortho intramolecular Hbond substituents is 1. The zero-order chi connectivity index (χ0) is 22.1. The van der Waals surface area contributed by atoms with Gasteiger partial charge >= 0.3 is 0 Å². The maximum Gasteiger partial charge on any atom is 0.165 e. The molecule has 1 aromatic carbocycles. The van der Waals surface area contributed by atoms with Crippen molar-refractivity contribution in [3.05, 3.63) is 82.7 Å². The predicted molar refractivity (Wildman–Crippen MR) is 122 cm³/mol. The SMILES string of the molecule is COC1=C(CC=C(C)CCC=C(C)C)C(O)C(C(=O)C=Cc2ccc(O)cc2)C=C1. The first kappa shape index (κ1) is 23.4. The van der Waals surface area contributed by atoms with E-state index in [9.17, 15) is 15.0 Å². The van der Waals surface area contributed by atoms with Crippen molar-refractivity contribution in [3.63, 3.8) is 0 Å². The highest BCUT2D eigenvalue weighted by molar-refractivity contribution is 5.97. The van der Waals surface area contributed by atoms with Crippen molar-refractivity contribution in [2.24, 2.45) is 5.92 Å². The number of benzene rings is 1. The van der Waals surface area contributed by atoms with Crippen LogP contribution in [0.25, 0.3) is 6.08 Å². The molecule has 1 aromatic rings. The number of aliphatic hydroxyl groups is 1. The van der Waals surface area contributed by atoms with Crippen LogP contribution in [-0.2, 0) is 9.53 Å². The molecule has 0 bridgehead atoms. The van der Waals surface area contributed by atoms with E-state index in [0.29, 0.717) is 12.2 Å². The highest BCUT2D eigenvalue weighted by Gasteiger charge is 2.30. The molecule has 0 saturated carbocycles. The van der Waals surface area contributed by atoms with Gasteiger partial charge in [-0.2, -0.15) is 0 Å². The quantitative estimate of drug-likeness (QED) is 0.418. The second-order valence-electron chi connectivity index (χ2n) is 7.83. The number of rotatable bonds is 9. The Labute approximate surface area is 179 Å². The Bertz CT molecular complexity index is 878. The largest absolute Gasteiger partial charge is 0.508 e. The first-order valence-electron chi connectivity index (χ1n) is 10.2. The summed E-state index contributed by atoms with van der Waals surface area (Å²) in [6.45, 7) is 6.26. The summed E-state index contributed by atoms with van der Waals surface area (Å²) in [4.78, 5) is 12.7. The molecule has 0 radical (unpaired) electrons. The van der Waals surface area contributed by atoms with Crippen molar-refractivity contribution in [3.8, 4) is 5.75 Å². The van der Waals surface area contributed by atoms with Gasteiger partial charge in [0.15, 0.2) is 5.78 Å². The monoisotopic (exact) mass is 408 g/mol. The van der Waals surface area contributed by atoms with Crippen molar-refractivity contribution < 1.29 is 19.7 Å². The maximum atomic E-state index is 12.7. The summed E-state index contributed by atoms with van der Waals surface area (Å²) < 4.78 is 5.43. The summed E-state index contributed by atoms with van der Waals surface area (Å²) in [6, 6.07) is 6.59. The van der Waals surface area contributed by atoms with E-state index in [1.54, 1.807) is 49.6 Å². The number of hydrogen-bond acceptors (Lipinski definition) is 4. The molecule has 1 aliphatic carbocycles. The van der Waals surface area contributed by atoms with Crippen LogP contribution in [-0.4, -0.2) is 29.2 Å². The number of phenols is 1. The maximum absolute atomic E-state index is 12.7. The van der Waals surface area contributed by atoms with E-state index in [4.69, 9.17) is 4.74 Å². The van der Waals surface area contributed by atoms with Gasteiger partial charge < -0.3 is 14.9 Å². The predicted octanol–water partition coefficient (Wildman–Crippen LogP) is 5.50. The minimum absolute atomic E-state index is 0.176. The van der Waals surface area contributed by atoms with Crippen LogP contribution in [0.15, 0.2) is 77.1 Å². The van der Waals surface area contributed by atoms with Gasteiger partial charge in [-0.15, -0.1) is 0 Å². The molecule has 0 spiro atoms. The number of aliphatic hydroxyl groups excluding tert-OH is 1. The molecule has 2 N–H and O–H groups in total.